The molecule has 122 valence electrons. The molecule has 0 saturated carbocycles. The third-order valence-corrected chi connectivity index (χ3v) is 4.16. The summed E-state index contributed by atoms with van der Waals surface area (Å²) in [5.74, 6) is 1.17. The molecule has 0 unspecified atom stereocenters. The van der Waals surface area contributed by atoms with E-state index >= 15 is 0 Å². The number of hydrogen-bond donors (Lipinski definition) is 1. The molecule has 0 aliphatic rings. The SMILES string of the molecule is CC/C(=N\NC(=O)Cc1cccs1)c1ccc(OC)c(OC)c1. The highest BCUT2D eigenvalue weighted by Gasteiger charge is 2.09. The number of hydrogen-bond acceptors (Lipinski definition) is 5. The van der Waals surface area contributed by atoms with Gasteiger partial charge in [-0.25, -0.2) is 5.43 Å². The van der Waals surface area contributed by atoms with Gasteiger partial charge in [0.15, 0.2) is 11.5 Å². The Kier molecular flexibility index (Phi) is 6.17. The first-order valence-corrected chi connectivity index (χ1v) is 8.16. The number of ether oxygens (including phenoxy) is 2. The molecule has 1 aromatic heterocycles. The Morgan fingerprint density at radius 2 is 2.00 bits per heavy atom. The summed E-state index contributed by atoms with van der Waals surface area (Å²) in [6.45, 7) is 1.99. The standard InChI is InChI=1S/C17H20N2O3S/c1-4-14(12-7-8-15(21-2)16(10-12)22-3)18-19-17(20)11-13-6-5-9-23-13/h5-10H,4,11H2,1-3H3,(H,19,20)/b18-14+. The van der Waals surface area contributed by atoms with Crippen molar-refractivity contribution in [3.63, 3.8) is 0 Å². The maximum atomic E-state index is 11.9. The molecule has 23 heavy (non-hydrogen) atoms. The van der Waals surface area contributed by atoms with Crippen LogP contribution in [0, 0.1) is 0 Å². The molecular weight excluding hydrogens is 312 g/mol. The van der Waals surface area contributed by atoms with Gasteiger partial charge in [0.2, 0.25) is 5.91 Å². The highest BCUT2D eigenvalue weighted by Crippen LogP contribution is 2.28. The van der Waals surface area contributed by atoms with E-state index in [-0.39, 0.29) is 5.91 Å². The summed E-state index contributed by atoms with van der Waals surface area (Å²) in [6.07, 6.45) is 1.03. The zero-order valence-corrected chi connectivity index (χ0v) is 14.3. The minimum Gasteiger partial charge on any atom is -0.493 e. The fraction of sp³-hybridized carbons (Fsp3) is 0.294. The van der Waals surface area contributed by atoms with Gasteiger partial charge in [0.05, 0.1) is 26.4 Å². The van der Waals surface area contributed by atoms with Gasteiger partial charge in [0.25, 0.3) is 0 Å². The molecule has 1 aromatic carbocycles. The molecule has 0 saturated heterocycles. The van der Waals surface area contributed by atoms with Gasteiger partial charge in [-0.1, -0.05) is 13.0 Å². The number of carbonyl (C=O) groups excluding carboxylic acids is 1. The lowest BCUT2D eigenvalue weighted by molar-refractivity contribution is -0.120. The van der Waals surface area contributed by atoms with Crippen molar-refractivity contribution < 1.29 is 14.3 Å². The number of hydrazone groups is 1. The molecule has 6 heteroatoms. The smallest absolute Gasteiger partial charge is 0.245 e. The number of rotatable bonds is 7. The van der Waals surface area contributed by atoms with E-state index in [1.807, 2.05) is 42.6 Å². The van der Waals surface area contributed by atoms with Crippen molar-refractivity contribution >= 4 is 23.0 Å². The molecule has 0 fully saturated rings. The fourth-order valence-electron chi connectivity index (χ4n) is 2.10. The molecule has 1 N–H and O–H groups in total. The van der Waals surface area contributed by atoms with E-state index in [4.69, 9.17) is 9.47 Å². The summed E-state index contributed by atoms with van der Waals surface area (Å²) in [5, 5.41) is 6.20. The molecule has 0 aliphatic heterocycles. The van der Waals surface area contributed by atoms with Gasteiger partial charge in [-0.05, 0) is 36.1 Å². The quantitative estimate of drug-likeness (QED) is 0.625. The Balaban J connectivity index is 2.10. The van der Waals surface area contributed by atoms with Gasteiger partial charge in [-0.15, -0.1) is 11.3 Å². The van der Waals surface area contributed by atoms with Crippen LogP contribution in [0.25, 0.3) is 0 Å². The van der Waals surface area contributed by atoms with Crippen molar-refractivity contribution in [1.82, 2.24) is 5.43 Å². The normalized spacial score (nSPS) is 11.2. The molecule has 0 bridgehead atoms. The van der Waals surface area contributed by atoms with E-state index in [1.54, 1.807) is 25.6 Å². The second-order valence-corrected chi connectivity index (χ2v) is 5.81. The van der Waals surface area contributed by atoms with Crippen molar-refractivity contribution in [3.8, 4) is 11.5 Å². The lowest BCUT2D eigenvalue weighted by atomic mass is 10.1. The molecule has 1 amide bonds. The molecule has 2 aromatic rings. The van der Waals surface area contributed by atoms with Crippen LogP contribution in [0.4, 0.5) is 0 Å². The summed E-state index contributed by atoms with van der Waals surface area (Å²) >= 11 is 1.56. The number of benzene rings is 1. The molecule has 0 radical (unpaired) electrons. The third kappa shape index (κ3) is 4.56. The number of methoxy groups -OCH3 is 2. The van der Waals surface area contributed by atoms with Gasteiger partial charge >= 0.3 is 0 Å². The van der Waals surface area contributed by atoms with Crippen LogP contribution in [0.1, 0.15) is 23.8 Å². The van der Waals surface area contributed by atoms with Gasteiger partial charge < -0.3 is 9.47 Å². The topological polar surface area (TPSA) is 59.9 Å². The summed E-state index contributed by atoms with van der Waals surface area (Å²) in [4.78, 5) is 12.9. The lowest BCUT2D eigenvalue weighted by Crippen LogP contribution is -2.21. The third-order valence-electron chi connectivity index (χ3n) is 3.28. The van der Waals surface area contributed by atoms with Crippen LogP contribution in [-0.4, -0.2) is 25.8 Å². The lowest BCUT2D eigenvalue weighted by Gasteiger charge is -2.10. The zero-order chi connectivity index (χ0) is 16.7. The van der Waals surface area contributed by atoms with Crippen LogP contribution < -0.4 is 14.9 Å². The minimum absolute atomic E-state index is 0.126. The molecule has 1 heterocycles. The highest BCUT2D eigenvalue weighted by molar-refractivity contribution is 7.10. The van der Waals surface area contributed by atoms with Crippen molar-refractivity contribution in [3.05, 3.63) is 46.2 Å². The molecule has 0 spiro atoms. The summed E-state index contributed by atoms with van der Waals surface area (Å²) in [5.41, 5.74) is 4.29. The maximum Gasteiger partial charge on any atom is 0.245 e. The molecule has 2 rings (SSSR count). The maximum absolute atomic E-state index is 11.9. The molecule has 0 atom stereocenters. The first-order chi connectivity index (χ1) is 11.2. The van der Waals surface area contributed by atoms with Crippen molar-refractivity contribution in [2.75, 3.05) is 14.2 Å². The Labute approximate surface area is 139 Å². The second-order valence-electron chi connectivity index (χ2n) is 4.77. The Morgan fingerprint density at radius 3 is 2.61 bits per heavy atom. The van der Waals surface area contributed by atoms with E-state index < -0.39 is 0 Å². The monoisotopic (exact) mass is 332 g/mol. The molecule has 5 nitrogen and oxygen atoms in total. The van der Waals surface area contributed by atoms with Crippen LogP contribution in [0.15, 0.2) is 40.8 Å². The predicted molar refractivity (Wildman–Crippen MR) is 92.5 cm³/mol. The first-order valence-electron chi connectivity index (χ1n) is 7.28. The largest absolute Gasteiger partial charge is 0.493 e. The van der Waals surface area contributed by atoms with E-state index in [1.165, 1.54) is 0 Å². The van der Waals surface area contributed by atoms with Crippen molar-refractivity contribution in [1.29, 1.82) is 0 Å². The minimum atomic E-state index is -0.126. The van der Waals surface area contributed by atoms with Crippen LogP contribution >= 0.6 is 11.3 Å². The number of amides is 1. The van der Waals surface area contributed by atoms with Gasteiger partial charge in [0, 0.05) is 10.4 Å². The van der Waals surface area contributed by atoms with Crippen LogP contribution in [0.2, 0.25) is 0 Å². The number of thiophene rings is 1. The average molecular weight is 332 g/mol. The fourth-order valence-corrected chi connectivity index (χ4v) is 2.81. The zero-order valence-electron chi connectivity index (χ0n) is 13.5. The van der Waals surface area contributed by atoms with Crippen LogP contribution in [0.5, 0.6) is 11.5 Å². The van der Waals surface area contributed by atoms with Crippen molar-refractivity contribution in [2.45, 2.75) is 19.8 Å². The van der Waals surface area contributed by atoms with Gasteiger partial charge in [0.1, 0.15) is 0 Å². The molecule has 0 aliphatic carbocycles. The second kappa shape index (κ2) is 8.33. The van der Waals surface area contributed by atoms with Gasteiger partial charge in [-0.2, -0.15) is 5.10 Å². The first kappa shape index (κ1) is 17.0. The predicted octanol–water partition coefficient (Wildman–Crippen LogP) is 3.24. The molecular formula is C17H20N2O3S. The van der Waals surface area contributed by atoms with Gasteiger partial charge in [-0.3, -0.25) is 4.79 Å². The number of nitrogens with one attached hydrogen (secondary N) is 1. The van der Waals surface area contributed by atoms with E-state index in [2.05, 4.69) is 10.5 Å². The number of nitrogens with zero attached hydrogens (tertiary/aromatic N) is 1. The van der Waals surface area contributed by atoms with Crippen molar-refractivity contribution in [2.24, 2.45) is 5.10 Å². The summed E-state index contributed by atoms with van der Waals surface area (Å²) < 4.78 is 10.5. The summed E-state index contributed by atoms with van der Waals surface area (Å²) in [7, 11) is 3.18. The van der Waals surface area contributed by atoms with Crippen LogP contribution in [0.3, 0.4) is 0 Å². The van der Waals surface area contributed by atoms with Crippen LogP contribution in [-0.2, 0) is 11.2 Å². The Hall–Kier alpha value is -2.34. The van der Waals surface area contributed by atoms with E-state index in [0.29, 0.717) is 24.3 Å². The average Bonchev–Trinajstić information content (AvgIpc) is 3.08. The van der Waals surface area contributed by atoms with E-state index in [0.717, 1.165) is 16.2 Å². The number of carbonyl (C=O) groups is 1. The Bertz CT molecular complexity index is 681. The van der Waals surface area contributed by atoms with E-state index in [9.17, 15) is 4.79 Å². The highest BCUT2D eigenvalue weighted by atomic mass is 32.1. The Morgan fingerprint density at radius 1 is 1.22 bits per heavy atom. The summed E-state index contributed by atoms with van der Waals surface area (Å²) in [6, 6.07) is 9.44.